The number of nitrogens with one attached hydrogen (secondary N) is 1. The lowest BCUT2D eigenvalue weighted by molar-refractivity contribution is -0.124. The first-order valence-electron chi connectivity index (χ1n) is 8.03. The van der Waals surface area contributed by atoms with Gasteiger partial charge in [0.2, 0.25) is 5.91 Å². The van der Waals surface area contributed by atoms with Crippen molar-refractivity contribution in [2.75, 3.05) is 32.8 Å². The first-order valence-corrected chi connectivity index (χ1v) is 8.03. The van der Waals surface area contributed by atoms with Gasteiger partial charge in [-0.05, 0) is 11.1 Å². The molecule has 1 saturated heterocycles. The zero-order valence-electron chi connectivity index (χ0n) is 13.2. The molecule has 1 aliphatic heterocycles. The Bertz CT molecular complexity index is 576. The standard InChI is InChI=1S/C19H22N2O2/c22-18-15-21(12-11-20-18)13-14-23-19(16-7-3-1-4-8-16)17-9-5-2-6-10-17/h1-10,19H,11-15H2,(H,20,22). The topological polar surface area (TPSA) is 41.6 Å². The molecule has 0 saturated carbocycles. The lowest BCUT2D eigenvalue weighted by atomic mass is 10.0. The van der Waals surface area contributed by atoms with E-state index in [0.717, 1.165) is 30.8 Å². The molecular formula is C19H22N2O2. The molecular weight excluding hydrogens is 288 g/mol. The van der Waals surface area contributed by atoms with Crippen molar-refractivity contribution in [2.45, 2.75) is 6.10 Å². The zero-order valence-corrected chi connectivity index (χ0v) is 13.2. The molecule has 120 valence electrons. The van der Waals surface area contributed by atoms with Gasteiger partial charge in [0, 0.05) is 19.6 Å². The summed E-state index contributed by atoms with van der Waals surface area (Å²) in [5.41, 5.74) is 2.30. The maximum Gasteiger partial charge on any atom is 0.234 e. The molecule has 0 radical (unpaired) electrons. The molecule has 0 unspecified atom stereocenters. The highest BCUT2D eigenvalue weighted by Gasteiger charge is 2.18. The monoisotopic (exact) mass is 310 g/mol. The minimum atomic E-state index is -0.0731. The van der Waals surface area contributed by atoms with E-state index in [-0.39, 0.29) is 12.0 Å². The summed E-state index contributed by atoms with van der Waals surface area (Å²) in [6.45, 7) is 3.44. The molecule has 0 spiro atoms. The second-order valence-corrected chi connectivity index (χ2v) is 5.70. The highest BCUT2D eigenvalue weighted by Crippen LogP contribution is 2.25. The molecule has 0 aromatic heterocycles. The smallest absolute Gasteiger partial charge is 0.234 e. The van der Waals surface area contributed by atoms with Gasteiger partial charge in [-0.3, -0.25) is 9.69 Å². The SMILES string of the molecule is O=C1CN(CCOC(c2ccccc2)c2ccccc2)CCN1. The Balaban J connectivity index is 1.64. The molecule has 0 aliphatic carbocycles. The first-order chi connectivity index (χ1) is 11.3. The zero-order chi connectivity index (χ0) is 15.9. The van der Waals surface area contributed by atoms with Gasteiger partial charge in [0.1, 0.15) is 6.10 Å². The van der Waals surface area contributed by atoms with Gasteiger partial charge in [-0.2, -0.15) is 0 Å². The quantitative estimate of drug-likeness (QED) is 0.889. The molecule has 1 N–H and O–H groups in total. The number of piperazine rings is 1. The van der Waals surface area contributed by atoms with Crippen molar-refractivity contribution in [1.82, 2.24) is 10.2 Å². The average Bonchev–Trinajstić information content (AvgIpc) is 2.60. The number of hydrogen-bond acceptors (Lipinski definition) is 3. The third-order valence-electron chi connectivity index (χ3n) is 4.01. The van der Waals surface area contributed by atoms with Gasteiger partial charge in [-0.15, -0.1) is 0 Å². The fraction of sp³-hybridized carbons (Fsp3) is 0.316. The molecule has 1 fully saturated rings. The third kappa shape index (κ3) is 4.41. The van der Waals surface area contributed by atoms with Gasteiger partial charge in [-0.1, -0.05) is 60.7 Å². The van der Waals surface area contributed by atoms with Crippen LogP contribution in [0.25, 0.3) is 0 Å². The van der Waals surface area contributed by atoms with E-state index in [2.05, 4.69) is 34.5 Å². The van der Waals surface area contributed by atoms with E-state index in [4.69, 9.17) is 4.74 Å². The maximum atomic E-state index is 11.4. The molecule has 2 aromatic carbocycles. The molecule has 2 aromatic rings. The Morgan fingerprint density at radius 3 is 2.17 bits per heavy atom. The number of carbonyl (C=O) groups excluding carboxylic acids is 1. The molecule has 1 heterocycles. The summed E-state index contributed by atoms with van der Waals surface area (Å²) in [7, 11) is 0. The van der Waals surface area contributed by atoms with Crippen molar-refractivity contribution in [2.24, 2.45) is 0 Å². The fourth-order valence-corrected chi connectivity index (χ4v) is 2.82. The summed E-state index contributed by atoms with van der Waals surface area (Å²) in [6, 6.07) is 20.5. The van der Waals surface area contributed by atoms with E-state index in [0.29, 0.717) is 13.2 Å². The van der Waals surface area contributed by atoms with Crippen LogP contribution in [-0.2, 0) is 9.53 Å². The van der Waals surface area contributed by atoms with Crippen LogP contribution in [0, 0.1) is 0 Å². The summed E-state index contributed by atoms with van der Waals surface area (Å²) in [4.78, 5) is 13.6. The normalized spacial score (nSPS) is 15.6. The van der Waals surface area contributed by atoms with Crippen molar-refractivity contribution in [3.8, 4) is 0 Å². The number of hydrogen-bond donors (Lipinski definition) is 1. The lowest BCUT2D eigenvalue weighted by Crippen LogP contribution is -2.48. The van der Waals surface area contributed by atoms with Gasteiger partial charge in [-0.25, -0.2) is 0 Å². The second-order valence-electron chi connectivity index (χ2n) is 5.70. The van der Waals surface area contributed by atoms with E-state index >= 15 is 0 Å². The Morgan fingerprint density at radius 2 is 1.61 bits per heavy atom. The summed E-state index contributed by atoms with van der Waals surface area (Å²) in [5, 5.41) is 2.84. The second kappa shape index (κ2) is 7.90. The van der Waals surface area contributed by atoms with Crippen molar-refractivity contribution in [1.29, 1.82) is 0 Å². The molecule has 1 aliphatic rings. The molecule has 4 heteroatoms. The van der Waals surface area contributed by atoms with Crippen LogP contribution in [-0.4, -0.2) is 43.6 Å². The number of rotatable bonds is 6. The summed E-state index contributed by atoms with van der Waals surface area (Å²) >= 11 is 0. The van der Waals surface area contributed by atoms with Crippen molar-refractivity contribution >= 4 is 5.91 Å². The Labute approximate surface area is 137 Å². The molecule has 23 heavy (non-hydrogen) atoms. The minimum absolute atomic E-state index is 0.0731. The molecule has 0 atom stereocenters. The van der Waals surface area contributed by atoms with Crippen LogP contribution < -0.4 is 5.32 Å². The van der Waals surface area contributed by atoms with Crippen LogP contribution in [0.2, 0.25) is 0 Å². The van der Waals surface area contributed by atoms with E-state index < -0.39 is 0 Å². The Hall–Kier alpha value is -2.17. The predicted octanol–water partition coefficient (Wildman–Crippen LogP) is 2.22. The van der Waals surface area contributed by atoms with Crippen molar-refractivity contribution in [3.63, 3.8) is 0 Å². The van der Waals surface area contributed by atoms with Gasteiger partial charge < -0.3 is 10.1 Å². The average molecular weight is 310 g/mol. The molecule has 3 rings (SSSR count). The highest BCUT2D eigenvalue weighted by molar-refractivity contribution is 5.78. The minimum Gasteiger partial charge on any atom is -0.367 e. The number of carbonyl (C=O) groups is 1. The number of nitrogens with zero attached hydrogens (tertiary/aromatic N) is 1. The number of amides is 1. The van der Waals surface area contributed by atoms with Crippen LogP contribution in [0.5, 0.6) is 0 Å². The van der Waals surface area contributed by atoms with E-state index in [9.17, 15) is 4.79 Å². The molecule has 0 bridgehead atoms. The largest absolute Gasteiger partial charge is 0.367 e. The van der Waals surface area contributed by atoms with Crippen molar-refractivity contribution < 1.29 is 9.53 Å². The summed E-state index contributed by atoms with van der Waals surface area (Å²) in [6.07, 6.45) is -0.0731. The Morgan fingerprint density at radius 1 is 1.00 bits per heavy atom. The van der Waals surface area contributed by atoms with Gasteiger partial charge in [0.15, 0.2) is 0 Å². The van der Waals surface area contributed by atoms with Crippen LogP contribution in [0.3, 0.4) is 0 Å². The van der Waals surface area contributed by atoms with Crippen LogP contribution in [0.15, 0.2) is 60.7 Å². The summed E-state index contributed by atoms with van der Waals surface area (Å²) in [5.74, 6) is 0.0962. The highest BCUT2D eigenvalue weighted by atomic mass is 16.5. The van der Waals surface area contributed by atoms with E-state index in [1.165, 1.54) is 0 Å². The van der Waals surface area contributed by atoms with Gasteiger partial charge in [0.25, 0.3) is 0 Å². The molecule has 1 amide bonds. The van der Waals surface area contributed by atoms with Crippen molar-refractivity contribution in [3.05, 3.63) is 71.8 Å². The van der Waals surface area contributed by atoms with Crippen LogP contribution >= 0.6 is 0 Å². The van der Waals surface area contributed by atoms with Gasteiger partial charge >= 0.3 is 0 Å². The Kier molecular flexibility index (Phi) is 5.40. The van der Waals surface area contributed by atoms with Crippen LogP contribution in [0.4, 0.5) is 0 Å². The maximum absolute atomic E-state index is 11.4. The fourth-order valence-electron chi connectivity index (χ4n) is 2.82. The summed E-state index contributed by atoms with van der Waals surface area (Å²) < 4.78 is 6.18. The predicted molar refractivity (Wildman–Crippen MR) is 90.1 cm³/mol. The molecule has 4 nitrogen and oxygen atoms in total. The van der Waals surface area contributed by atoms with E-state index in [1.54, 1.807) is 0 Å². The third-order valence-corrected chi connectivity index (χ3v) is 4.01. The first kappa shape index (κ1) is 15.7. The van der Waals surface area contributed by atoms with Gasteiger partial charge in [0.05, 0.1) is 13.2 Å². The van der Waals surface area contributed by atoms with E-state index in [1.807, 2.05) is 36.4 Å². The number of ether oxygens (including phenoxy) is 1. The number of benzene rings is 2. The van der Waals surface area contributed by atoms with Crippen LogP contribution in [0.1, 0.15) is 17.2 Å². The lowest BCUT2D eigenvalue weighted by Gasteiger charge is -2.27.